The fourth-order valence-corrected chi connectivity index (χ4v) is 4.47. The summed E-state index contributed by atoms with van der Waals surface area (Å²) in [6.45, 7) is 3.85. The molecule has 3 aromatic heterocycles. The van der Waals surface area contributed by atoms with Crippen LogP contribution < -0.4 is 16.1 Å². The maximum atomic E-state index is 12.6. The number of imidazole rings is 1. The molecule has 0 aliphatic carbocycles. The number of anilines is 2. The number of rotatable bonds is 5. The highest BCUT2D eigenvalue weighted by atomic mass is 32.1. The Bertz CT molecular complexity index is 1410. The molecule has 0 N–H and O–H groups in total. The first-order valence-corrected chi connectivity index (χ1v) is 10.6. The first kappa shape index (κ1) is 20.7. The van der Waals surface area contributed by atoms with E-state index in [-0.39, 0.29) is 5.91 Å². The van der Waals surface area contributed by atoms with E-state index in [1.54, 1.807) is 16.5 Å². The van der Waals surface area contributed by atoms with E-state index in [0.717, 1.165) is 22.2 Å². The van der Waals surface area contributed by atoms with Crippen molar-refractivity contribution in [1.29, 1.82) is 0 Å². The molecule has 9 nitrogen and oxygen atoms in total. The van der Waals surface area contributed by atoms with E-state index in [4.69, 9.17) is 0 Å². The van der Waals surface area contributed by atoms with E-state index in [2.05, 4.69) is 9.97 Å². The molecule has 4 aromatic rings. The van der Waals surface area contributed by atoms with Gasteiger partial charge in [0.2, 0.25) is 5.91 Å². The smallest absolute Gasteiger partial charge is 0.319 e. The summed E-state index contributed by atoms with van der Waals surface area (Å²) in [4.78, 5) is 47.8. The van der Waals surface area contributed by atoms with Crippen LogP contribution in [0, 0.1) is 0 Å². The van der Waals surface area contributed by atoms with Gasteiger partial charge in [-0.15, -0.1) is 11.3 Å². The number of benzene rings is 1. The predicted octanol–water partition coefficient (Wildman–Crippen LogP) is 2.19. The molecular formula is C21H22N6O3S. The topological polar surface area (TPSA) is 95.0 Å². The van der Waals surface area contributed by atoms with E-state index in [1.165, 1.54) is 36.2 Å². The molecule has 0 aliphatic rings. The summed E-state index contributed by atoms with van der Waals surface area (Å²) in [5.41, 5.74) is 2.38. The molecule has 1 amide bonds. The van der Waals surface area contributed by atoms with Gasteiger partial charge in [-0.1, -0.05) is 25.1 Å². The molecule has 0 saturated carbocycles. The molecule has 0 atom stereocenters. The number of nitrogens with zero attached hydrogens (tertiary/aromatic N) is 6. The third-order valence-corrected chi connectivity index (χ3v) is 6.08. The van der Waals surface area contributed by atoms with E-state index in [0.29, 0.717) is 28.5 Å². The Morgan fingerprint density at radius 1 is 1.16 bits per heavy atom. The average Bonchev–Trinajstić information content (AvgIpc) is 3.38. The van der Waals surface area contributed by atoms with Gasteiger partial charge in [0, 0.05) is 26.4 Å². The molecule has 3 heterocycles. The summed E-state index contributed by atoms with van der Waals surface area (Å²) in [6, 6.07) is 7.76. The van der Waals surface area contributed by atoms with Crippen molar-refractivity contribution in [2.24, 2.45) is 14.1 Å². The summed E-state index contributed by atoms with van der Waals surface area (Å²) in [7, 11) is 3.02. The highest BCUT2D eigenvalue weighted by Gasteiger charge is 2.21. The van der Waals surface area contributed by atoms with Crippen molar-refractivity contribution in [3.63, 3.8) is 0 Å². The van der Waals surface area contributed by atoms with Crippen molar-refractivity contribution in [3.8, 4) is 0 Å². The number of aryl methyl sites for hydroxylation is 2. The Hall–Kier alpha value is -3.53. The van der Waals surface area contributed by atoms with Gasteiger partial charge in [0.25, 0.3) is 5.56 Å². The van der Waals surface area contributed by atoms with Crippen LogP contribution in [0.15, 0.2) is 45.6 Å². The average molecular weight is 439 g/mol. The van der Waals surface area contributed by atoms with Gasteiger partial charge < -0.3 is 4.57 Å². The monoisotopic (exact) mass is 438 g/mol. The Balaban J connectivity index is 1.74. The van der Waals surface area contributed by atoms with Gasteiger partial charge >= 0.3 is 5.69 Å². The van der Waals surface area contributed by atoms with Crippen LogP contribution in [0.4, 0.5) is 10.8 Å². The second-order valence-corrected chi connectivity index (χ2v) is 8.05. The highest BCUT2D eigenvalue weighted by molar-refractivity contribution is 7.14. The molecule has 0 unspecified atom stereocenters. The zero-order valence-corrected chi connectivity index (χ0v) is 18.5. The molecule has 0 saturated heterocycles. The van der Waals surface area contributed by atoms with Crippen LogP contribution in [0.3, 0.4) is 0 Å². The molecule has 0 bridgehead atoms. The third kappa shape index (κ3) is 3.48. The molecular weight excluding hydrogens is 416 g/mol. The minimum atomic E-state index is -0.426. The first-order valence-electron chi connectivity index (χ1n) is 9.77. The lowest BCUT2D eigenvalue weighted by molar-refractivity contribution is -0.115. The normalized spacial score (nSPS) is 11.2. The molecule has 4 rings (SSSR count). The maximum Gasteiger partial charge on any atom is 0.332 e. The Morgan fingerprint density at radius 2 is 1.90 bits per heavy atom. The Morgan fingerprint density at radius 3 is 2.61 bits per heavy atom. The van der Waals surface area contributed by atoms with E-state index < -0.39 is 11.2 Å². The van der Waals surface area contributed by atoms with Crippen molar-refractivity contribution < 1.29 is 4.79 Å². The summed E-state index contributed by atoms with van der Waals surface area (Å²) in [6.07, 6.45) is 2.32. The molecule has 10 heteroatoms. The van der Waals surface area contributed by atoms with E-state index in [9.17, 15) is 14.4 Å². The van der Waals surface area contributed by atoms with Crippen molar-refractivity contribution in [1.82, 2.24) is 23.7 Å². The Kier molecular flexibility index (Phi) is 5.32. The van der Waals surface area contributed by atoms with Crippen molar-refractivity contribution in [2.75, 3.05) is 4.90 Å². The standard InChI is InChI=1S/C21H22N6O3S/c1-5-14-8-6-7-9-16(14)27(13(2)28)20-23-15(11-31-20)10-26-12-22-18-17(26)19(29)25(4)21(30)24(18)3/h6-9,11-12H,5,10H2,1-4H3. The fourth-order valence-electron chi connectivity index (χ4n) is 3.60. The van der Waals surface area contributed by atoms with Gasteiger partial charge in [0.15, 0.2) is 16.3 Å². The van der Waals surface area contributed by atoms with Crippen LogP contribution in [0.5, 0.6) is 0 Å². The number of carbonyl (C=O) groups is 1. The summed E-state index contributed by atoms with van der Waals surface area (Å²) in [5.74, 6) is -0.126. The largest absolute Gasteiger partial charge is 0.332 e. The lowest BCUT2D eigenvalue weighted by atomic mass is 10.1. The maximum absolute atomic E-state index is 12.6. The second kappa shape index (κ2) is 7.95. The molecule has 0 spiro atoms. The molecule has 1 aromatic carbocycles. The molecule has 0 radical (unpaired) electrons. The van der Waals surface area contributed by atoms with Gasteiger partial charge in [-0.3, -0.25) is 23.6 Å². The fraction of sp³-hybridized carbons (Fsp3) is 0.286. The number of thiazole rings is 1. The van der Waals surface area contributed by atoms with Crippen LogP contribution in [-0.4, -0.2) is 29.6 Å². The number of aromatic nitrogens is 5. The predicted molar refractivity (Wildman–Crippen MR) is 120 cm³/mol. The zero-order valence-electron chi connectivity index (χ0n) is 17.7. The highest BCUT2D eigenvalue weighted by Crippen LogP contribution is 2.32. The molecule has 0 aliphatic heterocycles. The SMILES string of the molecule is CCc1ccccc1N(C(C)=O)c1nc(Cn2cnc3c2c(=O)n(C)c(=O)n3C)cs1. The van der Waals surface area contributed by atoms with Crippen molar-refractivity contribution in [3.05, 3.63) is 68.1 Å². The van der Waals surface area contributed by atoms with Crippen LogP contribution in [0.25, 0.3) is 11.2 Å². The van der Waals surface area contributed by atoms with Crippen LogP contribution in [0.1, 0.15) is 25.1 Å². The number of carbonyl (C=O) groups excluding carboxylic acids is 1. The molecule has 160 valence electrons. The van der Waals surface area contributed by atoms with Crippen LogP contribution in [0.2, 0.25) is 0 Å². The van der Waals surface area contributed by atoms with E-state index in [1.807, 2.05) is 36.6 Å². The van der Waals surface area contributed by atoms with Gasteiger partial charge in [-0.2, -0.15) is 0 Å². The molecule has 31 heavy (non-hydrogen) atoms. The summed E-state index contributed by atoms with van der Waals surface area (Å²) >= 11 is 1.36. The third-order valence-electron chi connectivity index (χ3n) is 5.21. The first-order chi connectivity index (χ1) is 14.8. The van der Waals surface area contributed by atoms with Gasteiger partial charge in [-0.05, 0) is 18.1 Å². The zero-order chi connectivity index (χ0) is 22.3. The van der Waals surface area contributed by atoms with Crippen molar-refractivity contribution in [2.45, 2.75) is 26.8 Å². The number of para-hydroxylation sites is 1. The molecule has 0 fully saturated rings. The van der Waals surface area contributed by atoms with Crippen molar-refractivity contribution >= 4 is 39.2 Å². The number of hydrogen-bond donors (Lipinski definition) is 0. The van der Waals surface area contributed by atoms with E-state index >= 15 is 0 Å². The number of amides is 1. The lowest BCUT2D eigenvalue weighted by Crippen LogP contribution is -2.37. The quantitative estimate of drug-likeness (QED) is 0.476. The second-order valence-electron chi connectivity index (χ2n) is 7.21. The van der Waals surface area contributed by atoms with Crippen LogP contribution in [-0.2, 0) is 31.9 Å². The number of hydrogen-bond acceptors (Lipinski definition) is 6. The minimum absolute atomic E-state index is 0.126. The van der Waals surface area contributed by atoms with Gasteiger partial charge in [0.05, 0.1) is 24.3 Å². The number of fused-ring (bicyclic) bond motifs is 1. The van der Waals surface area contributed by atoms with Gasteiger partial charge in [0.1, 0.15) is 0 Å². The van der Waals surface area contributed by atoms with Crippen LogP contribution >= 0.6 is 11.3 Å². The Labute approximate surface area is 181 Å². The summed E-state index contributed by atoms with van der Waals surface area (Å²) < 4.78 is 4.08. The lowest BCUT2D eigenvalue weighted by Gasteiger charge is -2.21. The minimum Gasteiger partial charge on any atom is -0.319 e. The van der Waals surface area contributed by atoms with Gasteiger partial charge in [-0.25, -0.2) is 14.8 Å². The summed E-state index contributed by atoms with van der Waals surface area (Å²) in [5, 5.41) is 2.42.